The lowest BCUT2D eigenvalue weighted by molar-refractivity contribution is 0.145. The second kappa shape index (κ2) is 6.34. The molecule has 3 atom stereocenters. The third-order valence-corrected chi connectivity index (χ3v) is 5.83. The van der Waals surface area contributed by atoms with Crippen LogP contribution in [0.4, 0.5) is 5.69 Å². The molecular weight excluding hydrogens is 286 g/mol. The Hall–Kier alpha value is -1.11. The van der Waals surface area contributed by atoms with Crippen LogP contribution in [0.2, 0.25) is 0 Å². The van der Waals surface area contributed by atoms with Crippen molar-refractivity contribution < 1.29 is 8.42 Å². The average Bonchev–Trinajstić information content (AvgIpc) is 2.45. The van der Waals surface area contributed by atoms with Crippen LogP contribution in [0.3, 0.4) is 0 Å². The Bertz CT molecular complexity index is 571. The predicted octanol–water partition coefficient (Wildman–Crippen LogP) is 1.74. The minimum absolute atomic E-state index is 0.292. The molecular formula is C15H25N3O2S. The summed E-state index contributed by atoms with van der Waals surface area (Å²) in [6.45, 7) is 5.56. The number of nitrogens with zero attached hydrogens (tertiary/aromatic N) is 1. The molecule has 3 unspecified atom stereocenters. The van der Waals surface area contributed by atoms with Gasteiger partial charge < -0.3 is 10.2 Å². The lowest BCUT2D eigenvalue weighted by Gasteiger charge is -2.40. The van der Waals surface area contributed by atoms with E-state index in [1.165, 1.54) is 7.05 Å². The molecule has 2 rings (SSSR count). The summed E-state index contributed by atoms with van der Waals surface area (Å²) in [6, 6.07) is 7.92. The lowest BCUT2D eigenvalue weighted by Crippen LogP contribution is -2.48. The third kappa shape index (κ3) is 3.75. The van der Waals surface area contributed by atoms with Crippen LogP contribution in [0, 0.1) is 5.92 Å². The second-order valence-electron chi connectivity index (χ2n) is 5.98. The Labute approximate surface area is 127 Å². The molecule has 0 aliphatic carbocycles. The van der Waals surface area contributed by atoms with E-state index in [1.54, 1.807) is 12.1 Å². The van der Waals surface area contributed by atoms with E-state index < -0.39 is 10.0 Å². The van der Waals surface area contributed by atoms with Gasteiger partial charge in [-0.15, -0.1) is 0 Å². The largest absolute Gasteiger partial charge is 0.382 e. The quantitative estimate of drug-likeness (QED) is 0.889. The Kier molecular flexibility index (Phi) is 4.91. The number of rotatable bonds is 4. The summed E-state index contributed by atoms with van der Waals surface area (Å²) >= 11 is 0. The normalized spacial score (nSPS) is 27.5. The summed E-state index contributed by atoms with van der Waals surface area (Å²) in [5, 5.41) is 3.54. The molecule has 1 heterocycles. The first-order valence-electron chi connectivity index (χ1n) is 7.34. The monoisotopic (exact) mass is 311 g/mol. The van der Waals surface area contributed by atoms with Crippen molar-refractivity contribution >= 4 is 15.7 Å². The zero-order valence-electron chi connectivity index (χ0n) is 13.1. The first-order valence-corrected chi connectivity index (χ1v) is 8.82. The van der Waals surface area contributed by atoms with Gasteiger partial charge >= 0.3 is 0 Å². The average molecular weight is 311 g/mol. The van der Waals surface area contributed by atoms with Gasteiger partial charge in [0, 0.05) is 24.3 Å². The van der Waals surface area contributed by atoms with Crippen LogP contribution in [0.15, 0.2) is 29.2 Å². The fourth-order valence-corrected chi connectivity index (χ4v) is 3.53. The molecule has 1 aliphatic heterocycles. The van der Waals surface area contributed by atoms with E-state index in [9.17, 15) is 8.42 Å². The van der Waals surface area contributed by atoms with E-state index in [0.29, 0.717) is 22.9 Å². The highest BCUT2D eigenvalue weighted by Crippen LogP contribution is 2.24. The molecule has 6 heteroatoms. The standard InChI is InChI=1S/C15H25N3O2S/c1-11-10-18(4)12(2)9-15(11)17-13-5-7-14(8-6-13)21(19,20)16-3/h5-8,11-12,15-17H,9-10H2,1-4H3. The van der Waals surface area contributed by atoms with Crippen LogP contribution in [-0.4, -0.2) is 46.0 Å². The van der Waals surface area contributed by atoms with Gasteiger partial charge in [0.1, 0.15) is 0 Å². The maximum Gasteiger partial charge on any atom is 0.240 e. The number of anilines is 1. The van der Waals surface area contributed by atoms with Gasteiger partial charge in [0.15, 0.2) is 0 Å². The molecule has 1 aromatic rings. The van der Waals surface area contributed by atoms with Crippen molar-refractivity contribution in [3.63, 3.8) is 0 Å². The molecule has 1 saturated heterocycles. The molecule has 21 heavy (non-hydrogen) atoms. The molecule has 1 fully saturated rings. The fraction of sp³-hybridized carbons (Fsp3) is 0.600. The van der Waals surface area contributed by atoms with Crippen LogP contribution in [0.1, 0.15) is 20.3 Å². The van der Waals surface area contributed by atoms with Crippen molar-refractivity contribution in [1.29, 1.82) is 0 Å². The summed E-state index contributed by atoms with van der Waals surface area (Å²) < 4.78 is 25.7. The molecule has 0 radical (unpaired) electrons. The van der Waals surface area contributed by atoms with Crippen molar-refractivity contribution in [2.75, 3.05) is 26.0 Å². The molecule has 0 amide bonds. The number of hydrogen-bond acceptors (Lipinski definition) is 4. The van der Waals surface area contributed by atoms with E-state index in [-0.39, 0.29) is 0 Å². The van der Waals surface area contributed by atoms with Gasteiger partial charge in [-0.2, -0.15) is 0 Å². The van der Waals surface area contributed by atoms with Gasteiger partial charge in [0.25, 0.3) is 0 Å². The number of likely N-dealkylation sites (tertiary alicyclic amines) is 1. The van der Waals surface area contributed by atoms with Crippen molar-refractivity contribution in [2.24, 2.45) is 5.92 Å². The van der Waals surface area contributed by atoms with Gasteiger partial charge in [-0.25, -0.2) is 13.1 Å². The third-order valence-electron chi connectivity index (χ3n) is 4.40. The van der Waals surface area contributed by atoms with E-state index >= 15 is 0 Å². The highest BCUT2D eigenvalue weighted by molar-refractivity contribution is 7.89. The Balaban J connectivity index is 2.07. The van der Waals surface area contributed by atoms with Crippen LogP contribution < -0.4 is 10.0 Å². The van der Waals surface area contributed by atoms with Crippen LogP contribution >= 0.6 is 0 Å². The predicted molar refractivity (Wildman–Crippen MR) is 86.0 cm³/mol. The maximum absolute atomic E-state index is 11.7. The molecule has 0 spiro atoms. The van der Waals surface area contributed by atoms with Crippen molar-refractivity contribution in [2.45, 2.75) is 37.2 Å². The summed E-state index contributed by atoms with van der Waals surface area (Å²) in [5.74, 6) is 0.562. The number of piperidine rings is 1. The summed E-state index contributed by atoms with van der Waals surface area (Å²) in [6.07, 6.45) is 1.09. The number of hydrogen-bond donors (Lipinski definition) is 2. The molecule has 0 aromatic heterocycles. The molecule has 0 saturated carbocycles. The number of sulfonamides is 1. The first-order chi connectivity index (χ1) is 9.83. The smallest absolute Gasteiger partial charge is 0.240 e. The van der Waals surface area contributed by atoms with E-state index in [2.05, 4.69) is 35.8 Å². The Morgan fingerprint density at radius 2 is 1.81 bits per heavy atom. The zero-order chi connectivity index (χ0) is 15.6. The molecule has 0 bridgehead atoms. The SMILES string of the molecule is CNS(=O)(=O)c1ccc(NC2CC(C)N(C)CC2C)cc1. The maximum atomic E-state index is 11.7. The first kappa shape index (κ1) is 16.3. The van der Waals surface area contributed by atoms with Gasteiger partial charge in [0.2, 0.25) is 10.0 Å². The summed E-state index contributed by atoms with van der Waals surface area (Å²) in [5.41, 5.74) is 0.971. The minimum Gasteiger partial charge on any atom is -0.382 e. The summed E-state index contributed by atoms with van der Waals surface area (Å²) in [4.78, 5) is 2.67. The van der Waals surface area contributed by atoms with Crippen LogP contribution in [0.25, 0.3) is 0 Å². The Morgan fingerprint density at radius 3 is 2.38 bits per heavy atom. The molecule has 118 valence electrons. The number of benzene rings is 1. The number of nitrogens with one attached hydrogen (secondary N) is 2. The van der Waals surface area contributed by atoms with Gasteiger partial charge in [-0.1, -0.05) is 6.92 Å². The lowest BCUT2D eigenvalue weighted by atomic mass is 9.89. The van der Waals surface area contributed by atoms with Gasteiger partial charge in [-0.05, 0) is 57.6 Å². The van der Waals surface area contributed by atoms with Crippen molar-refractivity contribution in [3.05, 3.63) is 24.3 Å². The van der Waals surface area contributed by atoms with Crippen molar-refractivity contribution in [1.82, 2.24) is 9.62 Å². The fourth-order valence-electron chi connectivity index (χ4n) is 2.80. The molecule has 2 N–H and O–H groups in total. The van der Waals surface area contributed by atoms with E-state index in [1.807, 2.05) is 12.1 Å². The van der Waals surface area contributed by atoms with Gasteiger partial charge in [0.05, 0.1) is 4.90 Å². The van der Waals surface area contributed by atoms with E-state index in [0.717, 1.165) is 18.7 Å². The summed E-state index contributed by atoms with van der Waals surface area (Å²) in [7, 11) is 0.222. The molecule has 1 aliphatic rings. The minimum atomic E-state index is -3.36. The van der Waals surface area contributed by atoms with Crippen molar-refractivity contribution in [3.8, 4) is 0 Å². The van der Waals surface area contributed by atoms with Crippen LogP contribution in [0.5, 0.6) is 0 Å². The van der Waals surface area contributed by atoms with Gasteiger partial charge in [-0.3, -0.25) is 0 Å². The Morgan fingerprint density at radius 1 is 1.19 bits per heavy atom. The van der Waals surface area contributed by atoms with Crippen LogP contribution in [-0.2, 0) is 10.0 Å². The highest BCUT2D eigenvalue weighted by atomic mass is 32.2. The molecule has 5 nitrogen and oxygen atoms in total. The second-order valence-corrected chi connectivity index (χ2v) is 7.87. The highest BCUT2D eigenvalue weighted by Gasteiger charge is 2.28. The zero-order valence-corrected chi connectivity index (χ0v) is 13.9. The molecule has 1 aromatic carbocycles. The topological polar surface area (TPSA) is 61.4 Å². The van der Waals surface area contributed by atoms with E-state index in [4.69, 9.17) is 0 Å².